The van der Waals surface area contributed by atoms with E-state index in [2.05, 4.69) is 9.88 Å². The maximum Gasteiger partial charge on any atom is 0.185 e. The zero-order valence-electron chi connectivity index (χ0n) is 9.98. The lowest BCUT2D eigenvalue weighted by Crippen LogP contribution is -2.26. The first kappa shape index (κ1) is 11.9. The highest BCUT2D eigenvalue weighted by Gasteiger charge is 2.13. The van der Waals surface area contributed by atoms with Crippen LogP contribution in [0.3, 0.4) is 0 Å². The number of aromatic nitrogens is 1. The molecule has 2 heterocycles. The average Bonchev–Trinajstić information content (AvgIpc) is 2.66. The lowest BCUT2D eigenvalue weighted by atomic mass is 10.1. The van der Waals surface area contributed by atoms with Crippen molar-refractivity contribution < 1.29 is 0 Å². The summed E-state index contributed by atoms with van der Waals surface area (Å²) in [6.07, 6.45) is 8.66. The van der Waals surface area contributed by atoms with Gasteiger partial charge in [0.05, 0.1) is 0 Å². The number of rotatable bonds is 2. The molecule has 0 aliphatic carbocycles. The van der Waals surface area contributed by atoms with Crippen LogP contribution in [0.2, 0.25) is 0 Å². The summed E-state index contributed by atoms with van der Waals surface area (Å²) in [5, 5.41) is 1.16. The van der Waals surface area contributed by atoms with Gasteiger partial charge in [0.1, 0.15) is 0 Å². The van der Waals surface area contributed by atoms with E-state index < -0.39 is 0 Å². The Kier molecular flexibility index (Phi) is 4.18. The Bertz CT molecular complexity index is 314. The van der Waals surface area contributed by atoms with Crippen LogP contribution in [0.1, 0.15) is 49.9 Å². The molecule has 1 aliphatic heterocycles. The van der Waals surface area contributed by atoms with Crippen LogP contribution in [0.25, 0.3) is 0 Å². The molecule has 0 aromatic carbocycles. The molecule has 0 saturated carbocycles. The molecule has 3 nitrogen and oxygen atoms in total. The number of hydrogen-bond donors (Lipinski definition) is 1. The molecule has 1 unspecified atom stereocenters. The highest BCUT2D eigenvalue weighted by Crippen LogP contribution is 2.27. The minimum atomic E-state index is 0.112. The fraction of sp³-hybridized carbons (Fsp3) is 0.750. The van der Waals surface area contributed by atoms with E-state index in [0.717, 1.165) is 18.2 Å². The minimum absolute atomic E-state index is 0.112. The van der Waals surface area contributed by atoms with Gasteiger partial charge in [-0.25, -0.2) is 4.98 Å². The molecular formula is C12H21N3S. The summed E-state index contributed by atoms with van der Waals surface area (Å²) in [5.41, 5.74) is 5.86. The molecule has 4 heteroatoms. The van der Waals surface area contributed by atoms with Crippen LogP contribution in [-0.2, 0) is 0 Å². The van der Waals surface area contributed by atoms with Crippen molar-refractivity contribution in [2.24, 2.45) is 5.73 Å². The van der Waals surface area contributed by atoms with Crippen molar-refractivity contribution in [3.05, 3.63) is 11.1 Å². The van der Waals surface area contributed by atoms with Crippen LogP contribution in [0, 0.1) is 0 Å². The van der Waals surface area contributed by atoms with Gasteiger partial charge >= 0.3 is 0 Å². The molecule has 1 atom stereocenters. The fourth-order valence-corrected chi connectivity index (χ4v) is 2.99. The van der Waals surface area contributed by atoms with Crippen molar-refractivity contribution in [2.45, 2.75) is 45.1 Å². The fourth-order valence-electron chi connectivity index (χ4n) is 2.07. The highest BCUT2D eigenvalue weighted by atomic mass is 32.1. The average molecular weight is 239 g/mol. The van der Waals surface area contributed by atoms with Gasteiger partial charge in [0, 0.05) is 30.2 Å². The third-order valence-electron chi connectivity index (χ3n) is 3.09. The molecule has 0 amide bonds. The molecule has 0 spiro atoms. The lowest BCUT2D eigenvalue weighted by Gasteiger charge is -2.23. The van der Waals surface area contributed by atoms with Crippen molar-refractivity contribution in [3.63, 3.8) is 0 Å². The second-order valence-corrected chi connectivity index (χ2v) is 5.63. The maximum atomic E-state index is 5.86. The van der Waals surface area contributed by atoms with Crippen molar-refractivity contribution in [1.29, 1.82) is 0 Å². The van der Waals surface area contributed by atoms with Crippen LogP contribution in [0.15, 0.2) is 6.20 Å². The monoisotopic (exact) mass is 239 g/mol. The van der Waals surface area contributed by atoms with Crippen LogP contribution >= 0.6 is 11.3 Å². The van der Waals surface area contributed by atoms with E-state index >= 15 is 0 Å². The number of hydrogen-bond acceptors (Lipinski definition) is 4. The smallest absolute Gasteiger partial charge is 0.185 e. The Hall–Kier alpha value is -0.610. The van der Waals surface area contributed by atoms with Crippen molar-refractivity contribution in [2.75, 3.05) is 18.0 Å². The third-order valence-corrected chi connectivity index (χ3v) is 4.35. The number of anilines is 1. The van der Waals surface area contributed by atoms with E-state index in [1.165, 1.54) is 37.0 Å². The van der Waals surface area contributed by atoms with Crippen molar-refractivity contribution in [1.82, 2.24) is 4.98 Å². The van der Waals surface area contributed by atoms with Gasteiger partial charge in [-0.15, -0.1) is 11.3 Å². The molecule has 1 aliphatic rings. The van der Waals surface area contributed by atoms with Crippen molar-refractivity contribution >= 4 is 16.5 Å². The van der Waals surface area contributed by atoms with Gasteiger partial charge in [0.25, 0.3) is 0 Å². The predicted octanol–water partition coefficient (Wildman–Crippen LogP) is 2.93. The summed E-state index contributed by atoms with van der Waals surface area (Å²) >= 11 is 1.75. The summed E-state index contributed by atoms with van der Waals surface area (Å²) < 4.78 is 0. The molecule has 16 heavy (non-hydrogen) atoms. The first-order valence-electron chi connectivity index (χ1n) is 6.23. The molecule has 1 aromatic heterocycles. The second-order valence-electron chi connectivity index (χ2n) is 4.59. The Balaban J connectivity index is 2.02. The summed E-state index contributed by atoms with van der Waals surface area (Å²) in [6, 6.07) is 0.112. The SMILES string of the molecule is CC(N)c1cnc(N2CCCCCCC2)s1. The molecule has 90 valence electrons. The Labute approximate surface area is 102 Å². The molecular weight excluding hydrogens is 218 g/mol. The lowest BCUT2D eigenvalue weighted by molar-refractivity contribution is 0.556. The normalized spacial score (nSPS) is 20.2. The molecule has 0 bridgehead atoms. The van der Waals surface area contributed by atoms with E-state index in [1.54, 1.807) is 11.3 Å². The van der Waals surface area contributed by atoms with E-state index in [0.29, 0.717) is 0 Å². The highest BCUT2D eigenvalue weighted by molar-refractivity contribution is 7.15. The van der Waals surface area contributed by atoms with Crippen LogP contribution < -0.4 is 10.6 Å². The van der Waals surface area contributed by atoms with Crippen LogP contribution in [0.5, 0.6) is 0 Å². The quantitative estimate of drug-likeness (QED) is 0.863. The van der Waals surface area contributed by atoms with Gasteiger partial charge in [-0.2, -0.15) is 0 Å². The largest absolute Gasteiger partial charge is 0.348 e. The Morgan fingerprint density at radius 1 is 1.25 bits per heavy atom. The summed E-state index contributed by atoms with van der Waals surface area (Å²) in [4.78, 5) is 8.12. The third kappa shape index (κ3) is 2.95. The van der Waals surface area contributed by atoms with Gasteiger partial charge in [0.2, 0.25) is 0 Å². The van der Waals surface area contributed by atoms with E-state index in [9.17, 15) is 0 Å². The van der Waals surface area contributed by atoms with Gasteiger partial charge in [0.15, 0.2) is 5.13 Å². The van der Waals surface area contributed by atoms with Gasteiger partial charge in [-0.1, -0.05) is 19.3 Å². The standard InChI is InChI=1S/C12H21N3S/c1-10(13)11-9-14-12(16-11)15-7-5-3-2-4-6-8-15/h9-10H,2-8,13H2,1H3. The molecule has 1 fully saturated rings. The minimum Gasteiger partial charge on any atom is -0.348 e. The second kappa shape index (κ2) is 5.64. The van der Waals surface area contributed by atoms with Crippen LogP contribution in [-0.4, -0.2) is 18.1 Å². The molecule has 1 aromatic rings. The summed E-state index contributed by atoms with van der Waals surface area (Å²) in [5.74, 6) is 0. The summed E-state index contributed by atoms with van der Waals surface area (Å²) in [6.45, 7) is 4.34. The number of thiazole rings is 1. The molecule has 1 saturated heterocycles. The number of nitrogens with two attached hydrogens (primary N) is 1. The van der Waals surface area contributed by atoms with Crippen molar-refractivity contribution in [3.8, 4) is 0 Å². The zero-order valence-corrected chi connectivity index (χ0v) is 10.8. The van der Waals surface area contributed by atoms with Gasteiger partial charge in [-0.3, -0.25) is 0 Å². The first-order chi connectivity index (χ1) is 7.77. The predicted molar refractivity (Wildman–Crippen MR) is 70.0 cm³/mol. The van der Waals surface area contributed by atoms with Gasteiger partial charge < -0.3 is 10.6 Å². The molecule has 0 radical (unpaired) electrons. The topological polar surface area (TPSA) is 42.1 Å². The van der Waals surface area contributed by atoms with E-state index in [1.807, 2.05) is 13.1 Å². The molecule has 2 rings (SSSR count). The van der Waals surface area contributed by atoms with E-state index in [4.69, 9.17) is 5.73 Å². The number of nitrogens with zero attached hydrogens (tertiary/aromatic N) is 2. The first-order valence-corrected chi connectivity index (χ1v) is 7.05. The van der Waals surface area contributed by atoms with E-state index in [-0.39, 0.29) is 6.04 Å². The Morgan fingerprint density at radius 2 is 1.88 bits per heavy atom. The Morgan fingerprint density at radius 3 is 2.44 bits per heavy atom. The zero-order chi connectivity index (χ0) is 11.4. The maximum absolute atomic E-state index is 5.86. The van der Waals surface area contributed by atoms with Crippen LogP contribution in [0.4, 0.5) is 5.13 Å². The van der Waals surface area contributed by atoms with Gasteiger partial charge in [-0.05, 0) is 19.8 Å². The molecule has 2 N–H and O–H groups in total. The summed E-state index contributed by atoms with van der Waals surface area (Å²) in [7, 11) is 0.